The first-order chi connectivity index (χ1) is 3.31. The summed E-state index contributed by atoms with van der Waals surface area (Å²) in [4.78, 5) is 0. The van der Waals surface area contributed by atoms with Gasteiger partial charge in [0, 0.05) is 0 Å². The molecule has 0 aromatic heterocycles. The molecular formula is C3H7IN3-. The van der Waals surface area contributed by atoms with Crippen LogP contribution in [0.25, 0.3) is 5.43 Å². The van der Waals surface area contributed by atoms with Crippen molar-refractivity contribution in [1.82, 2.24) is 0 Å². The van der Waals surface area contributed by atoms with Gasteiger partial charge in [-0.25, -0.2) is 0 Å². The predicted molar refractivity (Wildman–Crippen MR) is 26.2 cm³/mol. The average Bonchev–Trinajstić information content (AvgIpc) is 1.68. The van der Waals surface area contributed by atoms with Crippen LogP contribution in [0.3, 0.4) is 0 Å². The molecule has 0 aliphatic heterocycles. The summed E-state index contributed by atoms with van der Waals surface area (Å²) in [5.74, 6) is 0. The molecule has 4 heteroatoms. The summed E-state index contributed by atoms with van der Waals surface area (Å²) in [5, 5.41) is 0. The second-order valence-corrected chi connectivity index (χ2v) is 2.96. The quantitative estimate of drug-likeness (QED) is 0.210. The summed E-state index contributed by atoms with van der Waals surface area (Å²) < 4.78 is 5.20. The fraction of sp³-hybridized carbons (Fsp3) is 0.333. The molecule has 0 unspecified atom stereocenters. The fourth-order valence-corrected chi connectivity index (χ4v) is 0.641. The first-order valence-corrected chi connectivity index (χ1v) is 3.55. The third kappa shape index (κ3) is 3.71. The van der Waals surface area contributed by atoms with Gasteiger partial charge in [0.15, 0.2) is 0 Å². The van der Waals surface area contributed by atoms with Gasteiger partial charge in [-0.15, -0.1) is 0 Å². The first kappa shape index (κ1) is 6.87. The third-order valence-corrected chi connectivity index (χ3v) is 1.59. The second kappa shape index (κ2) is 4.04. The van der Waals surface area contributed by atoms with Crippen LogP contribution in [0.5, 0.6) is 0 Å². The van der Waals surface area contributed by atoms with Crippen LogP contribution in [0.15, 0.2) is 3.21 Å². The summed E-state index contributed by atoms with van der Waals surface area (Å²) in [6.07, 6.45) is 0. The standard InChI is InChI=1S/C3H7IN3/c1-5-4-7(3)6-2/h1,3H2,2H3/q-1. The van der Waals surface area contributed by atoms with Gasteiger partial charge in [0.1, 0.15) is 0 Å². The maximum atomic E-state index is 3.72. The van der Waals surface area contributed by atoms with Crippen molar-refractivity contribution in [2.24, 2.45) is 3.21 Å². The van der Waals surface area contributed by atoms with Gasteiger partial charge in [0.05, 0.1) is 0 Å². The molecule has 0 radical (unpaired) electrons. The van der Waals surface area contributed by atoms with Gasteiger partial charge in [-0.3, -0.25) is 0 Å². The van der Waals surface area contributed by atoms with E-state index in [0.717, 1.165) is 0 Å². The van der Waals surface area contributed by atoms with E-state index in [1.165, 1.54) is 0 Å². The number of halogens is 1. The minimum absolute atomic E-state index is 0.365. The van der Waals surface area contributed by atoms with Gasteiger partial charge in [-0.05, 0) is 0 Å². The van der Waals surface area contributed by atoms with Crippen LogP contribution in [0, 0.1) is 0 Å². The first-order valence-electron chi connectivity index (χ1n) is 1.62. The molecule has 0 aliphatic carbocycles. The molecule has 3 nitrogen and oxygen atoms in total. The maximum absolute atomic E-state index is 3.72. The monoisotopic (exact) mass is 212 g/mol. The van der Waals surface area contributed by atoms with Crippen molar-refractivity contribution >= 4 is 13.4 Å². The number of hydrogen-bond acceptors (Lipinski definition) is 1. The molecule has 0 spiro atoms. The molecule has 0 aliphatic rings. The van der Waals surface area contributed by atoms with Gasteiger partial charge in [0.2, 0.25) is 0 Å². The van der Waals surface area contributed by atoms with Crippen LogP contribution in [0.2, 0.25) is 0 Å². The van der Waals surface area contributed by atoms with Crippen LogP contribution in [0.1, 0.15) is 0 Å². The molecular weight excluding hydrogens is 205 g/mol. The Hall–Kier alpha value is -0.130. The number of rotatable bonds is 3. The van der Waals surface area contributed by atoms with Crippen LogP contribution >= 0.6 is 0 Å². The van der Waals surface area contributed by atoms with Crippen molar-refractivity contribution in [3.8, 4) is 0 Å². The Morgan fingerprint density at radius 3 is 2.57 bits per heavy atom. The van der Waals surface area contributed by atoms with Gasteiger partial charge in [-0.1, -0.05) is 0 Å². The van der Waals surface area contributed by atoms with Gasteiger partial charge in [-0.2, -0.15) is 0 Å². The topological polar surface area (TPSA) is 29.5 Å². The zero-order valence-electron chi connectivity index (χ0n) is 4.13. The molecule has 0 saturated carbocycles. The summed E-state index contributed by atoms with van der Waals surface area (Å²) in [6, 6.07) is 0. The zero-order valence-corrected chi connectivity index (χ0v) is 6.29. The summed E-state index contributed by atoms with van der Waals surface area (Å²) in [5.41, 5.74) is 3.72. The second-order valence-electron chi connectivity index (χ2n) is 0.732. The summed E-state index contributed by atoms with van der Waals surface area (Å²) in [6.45, 7) is 6.83. The summed E-state index contributed by atoms with van der Waals surface area (Å²) in [7, 11) is 1.68. The normalized spacial score (nSPS) is 8.14. The Balaban J connectivity index is 3.17. The number of hydrogen-bond donors (Lipinski definition) is 0. The van der Waals surface area contributed by atoms with Crippen molar-refractivity contribution in [2.45, 2.75) is 0 Å². The molecule has 42 valence electrons. The fourth-order valence-electron chi connectivity index (χ4n) is 0.0955. The molecule has 0 amide bonds. The van der Waals surface area contributed by atoms with E-state index in [4.69, 9.17) is 0 Å². The molecule has 0 fully saturated rings. The van der Waals surface area contributed by atoms with Crippen molar-refractivity contribution < 1.29 is 24.7 Å². The van der Waals surface area contributed by atoms with Gasteiger partial charge >= 0.3 is 53.8 Å². The van der Waals surface area contributed by atoms with E-state index in [1.807, 2.05) is 0 Å². The van der Waals surface area contributed by atoms with E-state index in [2.05, 4.69) is 22.1 Å². The van der Waals surface area contributed by atoms with E-state index in [9.17, 15) is 0 Å². The Morgan fingerprint density at radius 1 is 1.86 bits per heavy atom. The van der Waals surface area contributed by atoms with E-state index >= 15 is 0 Å². The molecule has 0 atom stereocenters. The summed E-state index contributed by atoms with van der Waals surface area (Å²) >= 11 is -0.365. The zero-order chi connectivity index (χ0) is 5.70. The molecule has 0 aromatic carbocycles. The van der Waals surface area contributed by atoms with Crippen LogP contribution < -0.4 is 21.8 Å². The van der Waals surface area contributed by atoms with E-state index in [1.54, 1.807) is 9.95 Å². The van der Waals surface area contributed by atoms with Crippen molar-refractivity contribution in [2.75, 3.05) is 7.05 Å². The Labute approximate surface area is 54.1 Å². The average molecular weight is 212 g/mol. The predicted octanol–water partition coefficient (Wildman–Crippen LogP) is -2.76. The molecule has 0 aromatic rings. The molecule has 0 N–H and O–H groups in total. The Morgan fingerprint density at radius 2 is 2.43 bits per heavy atom. The molecule has 7 heavy (non-hydrogen) atoms. The Kier molecular flexibility index (Phi) is 3.97. The molecule has 0 heterocycles. The third-order valence-electron chi connectivity index (χ3n) is 0.358. The minimum atomic E-state index is -0.365. The molecule has 0 saturated heterocycles. The molecule has 0 bridgehead atoms. The van der Waals surface area contributed by atoms with Crippen molar-refractivity contribution in [3.63, 3.8) is 0 Å². The van der Waals surface area contributed by atoms with Crippen LogP contribution in [-0.4, -0.2) is 23.4 Å². The van der Waals surface area contributed by atoms with Crippen LogP contribution in [0.4, 0.5) is 0 Å². The van der Waals surface area contributed by atoms with Crippen molar-refractivity contribution in [3.05, 3.63) is 5.43 Å². The SMILES string of the molecule is C=N[I-][N+](=C)[N-]C. The van der Waals surface area contributed by atoms with Gasteiger partial charge in [0.25, 0.3) is 0 Å². The molecule has 0 rings (SSSR count). The Bertz CT molecular complexity index is 80.2. The van der Waals surface area contributed by atoms with E-state index in [0.29, 0.717) is 0 Å². The van der Waals surface area contributed by atoms with Crippen molar-refractivity contribution in [1.29, 1.82) is 0 Å². The van der Waals surface area contributed by atoms with E-state index < -0.39 is 0 Å². The number of nitrogens with zero attached hydrogens (tertiary/aromatic N) is 3. The van der Waals surface area contributed by atoms with E-state index in [-0.39, 0.29) is 21.8 Å². The van der Waals surface area contributed by atoms with Gasteiger partial charge < -0.3 is 0 Å². The van der Waals surface area contributed by atoms with Crippen LogP contribution in [-0.2, 0) is 0 Å².